The standard InChI is InChI=1S/C13H16ClN3O/c1-8-11(12(18)16-13(2,3)4)17-7-9(14)5-6-10(17)15-8/h5-7H,1-4H3,(H,16,18). The molecule has 96 valence electrons. The van der Waals surface area contributed by atoms with Gasteiger partial charge in [0.15, 0.2) is 0 Å². The number of aryl methyl sites for hydroxylation is 1. The van der Waals surface area contributed by atoms with E-state index in [1.807, 2.05) is 27.7 Å². The first-order valence-electron chi connectivity index (χ1n) is 5.75. The predicted molar refractivity (Wildman–Crippen MR) is 72.2 cm³/mol. The van der Waals surface area contributed by atoms with Gasteiger partial charge in [-0.25, -0.2) is 4.98 Å². The van der Waals surface area contributed by atoms with Crippen LogP contribution in [0.4, 0.5) is 0 Å². The summed E-state index contributed by atoms with van der Waals surface area (Å²) in [6, 6.07) is 3.55. The van der Waals surface area contributed by atoms with Crippen molar-refractivity contribution >= 4 is 23.2 Å². The van der Waals surface area contributed by atoms with Gasteiger partial charge in [-0.15, -0.1) is 0 Å². The molecular formula is C13H16ClN3O. The SMILES string of the molecule is Cc1nc2ccc(Cl)cn2c1C(=O)NC(C)(C)C. The first-order valence-corrected chi connectivity index (χ1v) is 6.12. The second-order valence-corrected chi connectivity index (χ2v) is 5.76. The van der Waals surface area contributed by atoms with Crippen molar-refractivity contribution in [1.29, 1.82) is 0 Å². The third kappa shape index (κ3) is 2.48. The summed E-state index contributed by atoms with van der Waals surface area (Å²) >= 11 is 5.96. The fourth-order valence-corrected chi connectivity index (χ4v) is 1.97. The van der Waals surface area contributed by atoms with Crippen molar-refractivity contribution in [3.63, 3.8) is 0 Å². The average Bonchev–Trinajstić information content (AvgIpc) is 2.50. The Balaban J connectivity index is 2.53. The lowest BCUT2D eigenvalue weighted by Gasteiger charge is -2.20. The summed E-state index contributed by atoms with van der Waals surface area (Å²) in [5.74, 6) is -0.144. The molecule has 0 saturated heterocycles. The van der Waals surface area contributed by atoms with Crippen molar-refractivity contribution in [2.45, 2.75) is 33.2 Å². The van der Waals surface area contributed by atoms with Crippen molar-refractivity contribution in [1.82, 2.24) is 14.7 Å². The van der Waals surface area contributed by atoms with Gasteiger partial charge in [-0.2, -0.15) is 0 Å². The largest absolute Gasteiger partial charge is 0.346 e. The summed E-state index contributed by atoms with van der Waals surface area (Å²) in [7, 11) is 0. The number of carbonyl (C=O) groups excluding carboxylic acids is 1. The van der Waals surface area contributed by atoms with Crippen LogP contribution in [0.1, 0.15) is 37.0 Å². The van der Waals surface area contributed by atoms with Crippen molar-refractivity contribution < 1.29 is 4.79 Å². The van der Waals surface area contributed by atoms with Gasteiger partial charge in [-0.05, 0) is 39.8 Å². The van der Waals surface area contributed by atoms with Crippen molar-refractivity contribution in [2.75, 3.05) is 0 Å². The van der Waals surface area contributed by atoms with Crippen molar-refractivity contribution in [3.05, 3.63) is 34.7 Å². The van der Waals surface area contributed by atoms with E-state index in [1.54, 1.807) is 22.7 Å². The highest BCUT2D eigenvalue weighted by Gasteiger charge is 2.21. The van der Waals surface area contributed by atoms with Gasteiger partial charge >= 0.3 is 0 Å². The third-order valence-electron chi connectivity index (χ3n) is 2.46. The lowest BCUT2D eigenvalue weighted by atomic mass is 10.1. The molecule has 0 bridgehead atoms. The maximum Gasteiger partial charge on any atom is 0.270 e. The van der Waals surface area contributed by atoms with Crippen LogP contribution in [0.25, 0.3) is 5.65 Å². The maximum atomic E-state index is 12.3. The van der Waals surface area contributed by atoms with E-state index in [-0.39, 0.29) is 11.4 Å². The molecule has 18 heavy (non-hydrogen) atoms. The third-order valence-corrected chi connectivity index (χ3v) is 2.68. The number of hydrogen-bond acceptors (Lipinski definition) is 2. The smallest absolute Gasteiger partial charge is 0.270 e. The van der Waals surface area contributed by atoms with Crippen molar-refractivity contribution in [3.8, 4) is 0 Å². The van der Waals surface area contributed by atoms with E-state index >= 15 is 0 Å². The van der Waals surface area contributed by atoms with Crippen LogP contribution in [0, 0.1) is 6.92 Å². The van der Waals surface area contributed by atoms with Gasteiger partial charge in [0.1, 0.15) is 11.3 Å². The van der Waals surface area contributed by atoms with Gasteiger partial charge in [0.2, 0.25) is 0 Å². The van der Waals surface area contributed by atoms with Crippen LogP contribution in [0.5, 0.6) is 0 Å². The molecular weight excluding hydrogens is 250 g/mol. The summed E-state index contributed by atoms with van der Waals surface area (Å²) in [4.78, 5) is 16.6. The Bertz CT molecular complexity index is 610. The molecule has 2 aromatic rings. The maximum absolute atomic E-state index is 12.3. The van der Waals surface area contributed by atoms with E-state index in [0.29, 0.717) is 16.4 Å². The lowest BCUT2D eigenvalue weighted by molar-refractivity contribution is 0.0913. The minimum Gasteiger partial charge on any atom is -0.346 e. The molecule has 0 fully saturated rings. The first-order chi connectivity index (χ1) is 8.28. The number of nitrogens with zero attached hydrogens (tertiary/aromatic N) is 2. The van der Waals surface area contributed by atoms with E-state index in [4.69, 9.17) is 11.6 Å². The van der Waals surface area contributed by atoms with E-state index < -0.39 is 0 Å². The molecule has 0 radical (unpaired) electrons. The summed E-state index contributed by atoms with van der Waals surface area (Å²) in [6.07, 6.45) is 1.70. The fraction of sp³-hybridized carbons (Fsp3) is 0.385. The Morgan fingerprint density at radius 3 is 2.67 bits per heavy atom. The number of aromatic nitrogens is 2. The number of imidazole rings is 1. The van der Waals surface area contributed by atoms with Crippen molar-refractivity contribution in [2.24, 2.45) is 0 Å². The molecule has 5 heteroatoms. The molecule has 4 nitrogen and oxygen atoms in total. The summed E-state index contributed by atoms with van der Waals surface area (Å²) in [5.41, 5.74) is 1.66. The Hall–Kier alpha value is -1.55. The van der Waals surface area contributed by atoms with Gasteiger partial charge in [-0.1, -0.05) is 11.6 Å². The van der Waals surface area contributed by atoms with Crippen LogP contribution in [-0.4, -0.2) is 20.8 Å². The molecule has 0 aliphatic rings. The van der Waals surface area contributed by atoms with E-state index in [2.05, 4.69) is 10.3 Å². The Morgan fingerprint density at radius 1 is 1.39 bits per heavy atom. The zero-order valence-electron chi connectivity index (χ0n) is 10.9. The molecule has 2 aromatic heterocycles. The van der Waals surface area contributed by atoms with E-state index in [9.17, 15) is 4.79 Å². The number of halogens is 1. The molecule has 1 amide bonds. The number of pyridine rings is 1. The first kappa shape index (κ1) is 12.9. The molecule has 0 atom stereocenters. The minimum absolute atomic E-state index is 0.144. The molecule has 0 spiro atoms. The Labute approximate surface area is 111 Å². The number of nitrogens with one attached hydrogen (secondary N) is 1. The molecule has 2 rings (SSSR count). The van der Waals surface area contributed by atoms with Crippen LogP contribution >= 0.6 is 11.6 Å². The molecule has 0 saturated carbocycles. The number of carbonyl (C=O) groups is 1. The zero-order valence-corrected chi connectivity index (χ0v) is 11.7. The molecule has 0 aliphatic heterocycles. The Morgan fingerprint density at radius 2 is 2.06 bits per heavy atom. The predicted octanol–water partition coefficient (Wildman–Crippen LogP) is 2.82. The summed E-state index contributed by atoms with van der Waals surface area (Å²) < 4.78 is 1.72. The van der Waals surface area contributed by atoms with Crippen LogP contribution < -0.4 is 5.32 Å². The quantitative estimate of drug-likeness (QED) is 0.862. The molecule has 0 aliphatic carbocycles. The summed E-state index contributed by atoms with van der Waals surface area (Å²) in [6.45, 7) is 7.64. The van der Waals surface area contributed by atoms with Gasteiger partial charge < -0.3 is 5.32 Å². The highest BCUT2D eigenvalue weighted by atomic mass is 35.5. The minimum atomic E-state index is -0.285. The topological polar surface area (TPSA) is 46.4 Å². The second kappa shape index (κ2) is 4.28. The number of fused-ring (bicyclic) bond motifs is 1. The van der Waals surface area contributed by atoms with E-state index in [0.717, 1.165) is 5.65 Å². The van der Waals surface area contributed by atoms with Gasteiger partial charge in [0.05, 0.1) is 10.7 Å². The fourth-order valence-electron chi connectivity index (χ4n) is 1.81. The number of hydrogen-bond donors (Lipinski definition) is 1. The van der Waals surface area contributed by atoms with Crippen LogP contribution in [0.3, 0.4) is 0 Å². The molecule has 1 N–H and O–H groups in total. The number of amides is 1. The molecule has 0 aromatic carbocycles. The van der Waals surface area contributed by atoms with Crippen LogP contribution in [0.15, 0.2) is 18.3 Å². The second-order valence-electron chi connectivity index (χ2n) is 5.33. The number of rotatable bonds is 1. The molecule has 2 heterocycles. The van der Waals surface area contributed by atoms with Gasteiger partial charge in [0, 0.05) is 11.7 Å². The average molecular weight is 266 g/mol. The molecule has 0 unspecified atom stereocenters. The normalized spacial score (nSPS) is 11.8. The van der Waals surface area contributed by atoms with Gasteiger partial charge in [0.25, 0.3) is 5.91 Å². The lowest BCUT2D eigenvalue weighted by Crippen LogP contribution is -2.41. The van der Waals surface area contributed by atoms with Gasteiger partial charge in [-0.3, -0.25) is 9.20 Å². The van der Waals surface area contributed by atoms with E-state index in [1.165, 1.54) is 0 Å². The zero-order chi connectivity index (χ0) is 13.5. The highest BCUT2D eigenvalue weighted by Crippen LogP contribution is 2.17. The van der Waals surface area contributed by atoms with Crippen LogP contribution in [-0.2, 0) is 0 Å². The van der Waals surface area contributed by atoms with Crippen LogP contribution in [0.2, 0.25) is 5.02 Å². The summed E-state index contributed by atoms with van der Waals surface area (Å²) in [5, 5.41) is 3.50. The Kier molecular flexibility index (Phi) is 3.07. The highest BCUT2D eigenvalue weighted by molar-refractivity contribution is 6.30. The monoisotopic (exact) mass is 265 g/mol.